The average molecular weight is 281 g/mol. The van der Waals surface area contributed by atoms with E-state index in [0.29, 0.717) is 17.0 Å². The quantitative estimate of drug-likeness (QED) is 0.434. The molecule has 0 aliphatic carbocycles. The van der Waals surface area contributed by atoms with Gasteiger partial charge in [-0.25, -0.2) is 4.39 Å². The highest BCUT2D eigenvalue weighted by Gasteiger charge is 2.02. The maximum atomic E-state index is 13.1. The van der Waals surface area contributed by atoms with E-state index in [1.54, 1.807) is 6.07 Å². The summed E-state index contributed by atoms with van der Waals surface area (Å²) in [6.45, 7) is 3.51. The molecule has 1 rings (SSSR count). The van der Waals surface area contributed by atoms with Crippen LogP contribution in [0.5, 0.6) is 0 Å². The van der Waals surface area contributed by atoms with E-state index in [-0.39, 0.29) is 5.02 Å². The summed E-state index contributed by atoms with van der Waals surface area (Å²) in [6.07, 6.45) is 1.84. The first-order valence-corrected chi connectivity index (χ1v) is 5.64. The normalized spacial score (nSPS) is 13.0. The second kappa shape index (κ2) is 6.24. The van der Waals surface area contributed by atoms with Crippen molar-refractivity contribution < 1.29 is 4.39 Å². The Morgan fingerprint density at radius 3 is 2.81 bits per heavy atom. The van der Waals surface area contributed by atoms with Crippen molar-refractivity contribution in [3.8, 4) is 0 Å². The summed E-state index contributed by atoms with van der Waals surface area (Å²) in [5, 5.41) is 0.508. The molecule has 0 aromatic heterocycles. The van der Waals surface area contributed by atoms with Crippen LogP contribution in [0.1, 0.15) is 12.0 Å². The number of halogens is 4. The highest BCUT2D eigenvalue weighted by Crippen LogP contribution is 2.16. The SMILES string of the molecule is C=C(Cl)CC(Cl)/N=C/c1ccc(Cl)c(F)c1. The molecule has 0 radical (unpaired) electrons. The van der Waals surface area contributed by atoms with Crippen LogP contribution in [0.4, 0.5) is 4.39 Å². The molecular weight excluding hydrogens is 271 g/mol. The first-order valence-electron chi connectivity index (χ1n) is 4.44. The Bertz CT molecular complexity index is 418. The molecule has 1 unspecified atom stereocenters. The number of benzene rings is 1. The fourth-order valence-corrected chi connectivity index (χ4v) is 1.58. The number of aliphatic imine (C=N–C) groups is 1. The van der Waals surface area contributed by atoms with Crippen molar-refractivity contribution in [1.82, 2.24) is 0 Å². The third-order valence-corrected chi connectivity index (χ3v) is 2.45. The minimum absolute atomic E-state index is 0.0775. The van der Waals surface area contributed by atoms with Crippen molar-refractivity contribution in [3.05, 3.63) is 46.2 Å². The molecule has 0 spiro atoms. The largest absolute Gasteiger partial charge is 0.273 e. The fourth-order valence-electron chi connectivity index (χ4n) is 0.995. The lowest BCUT2D eigenvalue weighted by atomic mass is 10.2. The zero-order valence-corrected chi connectivity index (χ0v) is 10.5. The predicted molar refractivity (Wildman–Crippen MR) is 68.3 cm³/mol. The van der Waals surface area contributed by atoms with E-state index in [1.165, 1.54) is 18.3 Å². The highest BCUT2D eigenvalue weighted by atomic mass is 35.5. The second-order valence-electron chi connectivity index (χ2n) is 3.11. The van der Waals surface area contributed by atoms with E-state index in [9.17, 15) is 4.39 Å². The van der Waals surface area contributed by atoms with Gasteiger partial charge in [0.15, 0.2) is 0 Å². The van der Waals surface area contributed by atoms with Crippen LogP contribution in [0.25, 0.3) is 0 Å². The van der Waals surface area contributed by atoms with Gasteiger partial charge in [0, 0.05) is 17.7 Å². The summed E-state index contributed by atoms with van der Waals surface area (Å²) in [5.74, 6) is -0.488. The molecule has 1 atom stereocenters. The van der Waals surface area contributed by atoms with Crippen LogP contribution in [0.15, 0.2) is 34.8 Å². The lowest BCUT2D eigenvalue weighted by Gasteiger charge is -2.01. The Kier molecular flexibility index (Phi) is 5.26. The van der Waals surface area contributed by atoms with Crippen LogP contribution in [-0.2, 0) is 0 Å². The Morgan fingerprint density at radius 2 is 2.25 bits per heavy atom. The molecule has 0 bridgehead atoms. The molecule has 1 aromatic carbocycles. The van der Waals surface area contributed by atoms with Crippen LogP contribution < -0.4 is 0 Å². The molecule has 0 N–H and O–H groups in total. The molecule has 0 amide bonds. The standard InChI is InChI=1S/C11H9Cl3FN/c1-7(12)4-11(14)16-6-8-2-3-9(13)10(15)5-8/h2-3,5-6,11H,1,4H2/b16-6+. The lowest BCUT2D eigenvalue weighted by molar-refractivity contribution is 0.628. The fraction of sp³-hybridized carbons (Fsp3) is 0.182. The molecular formula is C11H9Cl3FN. The molecule has 0 saturated heterocycles. The number of hydrogen-bond donors (Lipinski definition) is 0. The smallest absolute Gasteiger partial charge is 0.142 e. The number of hydrogen-bond acceptors (Lipinski definition) is 1. The van der Waals surface area contributed by atoms with Gasteiger partial charge in [0.25, 0.3) is 0 Å². The van der Waals surface area contributed by atoms with Gasteiger partial charge in [-0.05, 0) is 17.7 Å². The third kappa shape index (κ3) is 4.52. The predicted octanol–water partition coefficient (Wildman–Crippen LogP) is 4.61. The monoisotopic (exact) mass is 279 g/mol. The third-order valence-electron chi connectivity index (χ3n) is 1.72. The van der Waals surface area contributed by atoms with Gasteiger partial charge < -0.3 is 0 Å². The number of rotatable bonds is 4. The second-order valence-corrected chi connectivity index (χ2v) is 4.55. The van der Waals surface area contributed by atoms with Crippen molar-refractivity contribution in [3.63, 3.8) is 0 Å². The lowest BCUT2D eigenvalue weighted by Crippen LogP contribution is -1.95. The van der Waals surface area contributed by atoms with Crippen LogP contribution >= 0.6 is 34.8 Å². The van der Waals surface area contributed by atoms with Crippen LogP contribution in [0, 0.1) is 5.82 Å². The van der Waals surface area contributed by atoms with Gasteiger partial charge in [-0.3, -0.25) is 4.99 Å². The summed E-state index contributed by atoms with van der Waals surface area (Å²) in [4.78, 5) is 3.99. The average Bonchev–Trinajstić information content (AvgIpc) is 2.19. The molecule has 86 valence electrons. The van der Waals surface area contributed by atoms with E-state index in [4.69, 9.17) is 34.8 Å². The molecule has 1 nitrogen and oxygen atoms in total. The Hall–Kier alpha value is -0.570. The number of alkyl halides is 1. The minimum atomic E-state index is -0.497. The summed E-state index contributed by atoms with van der Waals surface area (Å²) in [7, 11) is 0. The van der Waals surface area contributed by atoms with Crippen molar-refractivity contribution in [1.29, 1.82) is 0 Å². The first-order chi connectivity index (χ1) is 7.49. The van der Waals surface area contributed by atoms with Gasteiger partial charge in [0.1, 0.15) is 11.3 Å². The summed E-state index contributed by atoms with van der Waals surface area (Å²) >= 11 is 16.9. The van der Waals surface area contributed by atoms with Gasteiger partial charge in [-0.15, -0.1) is 0 Å². The van der Waals surface area contributed by atoms with Crippen LogP contribution in [0.2, 0.25) is 5.02 Å². The maximum Gasteiger partial charge on any atom is 0.142 e. The highest BCUT2D eigenvalue weighted by molar-refractivity contribution is 6.31. The van der Waals surface area contributed by atoms with E-state index < -0.39 is 11.3 Å². The van der Waals surface area contributed by atoms with Gasteiger partial charge in [-0.1, -0.05) is 47.4 Å². The van der Waals surface area contributed by atoms with Crippen molar-refractivity contribution in [2.75, 3.05) is 0 Å². The van der Waals surface area contributed by atoms with E-state index in [0.717, 1.165) is 0 Å². The molecule has 5 heteroatoms. The Balaban J connectivity index is 2.69. The Morgan fingerprint density at radius 1 is 1.56 bits per heavy atom. The number of nitrogens with zero attached hydrogens (tertiary/aromatic N) is 1. The van der Waals surface area contributed by atoms with Crippen molar-refractivity contribution in [2.45, 2.75) is 11.9 Å². The zero-order valence-electron chi connectivity index (χ0n) is 8.26. The van der Waals surface area contributed by atoms with Crippen LogP contribution in [0.3, 0.4) is 0 Å². The first kappa shape index (κ1) is 13.5. The van der Waals surface area contributed by atoms with Gasteiger partial charge in [0.2, 0.25) is 0 Å². The van der Waals surface area contributed by atoms with Crippen molar-refractivity contribution in [2.24, 2.45) is 4.99 Å². The summed E-state index contributed by atoms with van der Waals surface area (Å²) in [5.41, 5.74) is 0.0940. The topological polar surface area (TPSA) is 12.4 Å². The zero-order chi connectivity index (χ0) is 12.1. The molecule has 0 aliphatic heterocycles. The van der Waals surface area contributed by atoms with E-state index in [2.05, 4.69) is 11.6 Å². The Labute approximate surface area is 109 Å². The van der Waals surface area contributed by atoms with Crippen molar-refractivity contribution >= 4 is 41.0 Å². The maximum absolute atomic E-state index is 13.1. The summed E-state index contributed by atoms with van der Waals surface area (Å²) < 4.78 is 13.1. The molecule has 0 fully saturated rings. The molecule has 1 aromatic rings. The van der Waals surface area contributed by atoms with E-state index in [1.807, 2.05) is 0 Å². The molecule has 16 heavy (non-hydrogen) atoms. The van der Waals surface area contributed by atoms with Crippen LogP contribution in [-0.4, -0.2) is 11.7 Å². The molecule has 0 heterocycles. The van der Waals surface area contributed by atoms with Gasteiger partial charge in [-0.2, -0.15) is 0 Å². The van der Waals surface area contributed by atoms with Gasteiger partial charge in [0.05, 0.1) is 5.02 Å². The minimum Gasteiger partial charge on any atom is -0.273 e. The summed E-state index contributed by atoms with van der Waals surface area (Å²) in [6, 6.07) is 4.39. The molecule has 0 saturated carbocycles. The molecule has 0 aliphatic rings. The van der Waals surface area contributed by atoms with E-state index >= 15 is 0 Å². The van der Waals surface area contributed by atoms with Gasteiger partial charge >= 0.3 is 0 Å².